The quantitative estimate of drug-likeness (QED) is 0.737. The summed E-state index contributed by atoms with van der Waals surface area (Å²) in [4.78, 5) is 0. The van der Waals surface area contributed by atoms with Crippen LogP contribution in [0.3, 0.4) is 0 Å². The Hall–Kier alpha value is -0.570. The monoisotopic (exact) mass is 300 g/mol. The molecule has 1 nitrogen and oxygen atoms in total. The zero-order valence-corrected chi connectivity index (χ0v) is 11.7. The van der Waals surface area contributed by atoms with Gasteiger partial charge in [-0.3, -0.25) is 0 Å². The number of halogens is 2. The van der Waals surface area contributed by atoms with Crippen molar-refractivity contribution >= 4 is 15.9 Å². The fourth-order valence-electron chi connectivity index (χ4n) is 2.39. The molecule has 2 rings (SSSR count). The lowest BCUT2D eigenvalue weighted by Crippen LogP contribution is -2.24. The van der Waals surface area contributed by atoms with Crippen molar-refractivity contribution < 1.29 is 9.13 Å². The van der Waals surface area contributed by atoms with Gasteiger partial charge in [0.25, 0.3) is 0 Å². The Morgan fingerprint density at radius 3 is 2.88 bits per heavy atom. The first-order chi connectivity index (χ1) is 8.19. The number of alkyl halides is 1. The van der Waals surface area contributed by atoms with Crippen LogP contribution in [0.25, 0.3) is 0 Å². The Morgan fingerprint density at radius 1 is 1.41 bits per heavy atom. The van der Waals surface area contributed by atoms with Gasteiger partial charge < -0.3 is 4.74 Å². The lowest BCUT2D eigenvalue weighted by Gasteiger charge is -2.27. The van der Waals surface area contributed by atoms with Crippen molar-refractivity contribution in [2.45, 2.75) is 44.0 Å². The van der Waals surface area contributed by atoms with E-state index in [4.69, 9.17) is 4.74 Å². The maximum Gasteiger partial charge on any atom is 0.165 e. The van der Waals surface area contributed by atoms with E-state index in [1.54, 1.807) is 6.07 Å². The van der Waals surface area contributed by atoms with Gasteiger partial charge in [0.05, 0.1) is 6.10 Å². The van der Waals surface area contributed by atoms with E-state index in [1.165, 1.54) is 18.9 Å². The SMILES string of the molecule is CC1CCCC(Oc2ccc(CBr)cc2F)C1. The summed E-state index contributed by atoms with van der Waals surface area (Å²) >= 11 is 3.32. The summed E-state index contributed by atoms with van der Waals surface area (Å²) < 4.78 is 19.5. The average Bonchev–Trinajstić information content (AvgIpc) is 2.32. The van der Waals surface area contributed by atoms with Gasteiger partial charge in [0, 0.05) is 5.33 Å². The van der Waals surface area contributed by atoms with Crippen molar-refractivity contribution in [2.24, 2.45) is 5.92 Å². The topological polar surface area (TPSA) is 9.23 Å². The summed E-state index contributed by atoms with van der Waals surface area (Å²) in [5.74, 6) is 0.840. The van der Waals surface area contributed by atoms with Crippen LogP contribution >= 0.6 is 15.9 Å². The zero-order valence-electron chi connectivity index (χ0n) is 10.1. The fraction of sp³-hybridized carbons (Fsp3) is 0.571. The van der Waals surface area contributed by atoms with Crippen molar-refractivity contribution in [1.29, 1.82) is 0 Å². The minimum absolute atomic E-state index is 0.183. The summed E-state index contributed by atoms with van der Waals surface area (Å²) in [7, 11) is 0. The van der Waals surface area contributed by atoms with Crippen LogP contribution in [0.2, 0.25) is 0 Å². The lowest BCUT2D eigenvalue weighted by atomic mass is 9.89. The van der Waals surface area contributed by atoms with Crippen LogP contribution in [0.4, 0.5) is 4.39 Å². The molecule has 94 valence electrons. The first-order valence-electron chi connectivity index (χ1n) is 6.20. The second-order valence-corrected chi connectivity index (χ2v) is 5.47. The third kappa shape index (κ3) is 3.44. The van der Waals surface area contributed by atoms with Gasteiger partial charge in [-0.2, -0.15) is 0 Å². The van der Waals surface area contributed by atoms with Gasteiger partial charge >= 0.3 is 0 Å². The molecule has 17 heavy (non-hydrogen) atoms. The van der Waals surface area contributed by atoms with Crippen LogP contribution in [0.15, 0.2) is 18.2 Å². The number of hydrogen-bond donors (Lipinski definition) is 0. The zero-order chi connectivity index (χ0) is 12.3. The molecule has 0 bridgehead atoms. The molecule has 1 saturated carbocycles. The molecule has 0 aliphatic heterocycles. The van der Waals surface area contributed by atoms with E-state index in [-0.39, 0.29) is 11.9 Å². The minimum atomic E-state index is -0.250. The highest BCUT2D eigenvalue weighted by molar-refractivity contribution is 9.08. The molecule has 0 radical (unpaired) electrons. The van der Waals surface area contributed by atoms with Crippen molar-refractivity contribution in [3.05, 3.63) is 29.6 Å². The predicted molar refractivity (Wildman–Crippen MR) is 71.1 cm³/mol. The summed E-state index contributed by atoms with van der Waals surface area (Å²) in [6, 6.07) is 5.18. The van der Waals surface area contributed by atoms with Gasteiger partial charge in [-0.05, 0) is 42.9 Å². The van der Waals surface area contributed by atoms with E-state index in [1.807, 2.05) is 6.07 Å². The summed E-state index contributed by atoms with van der Waals surface area (Å²) in [5, 5.41) is 0.671. The van der Waals surface area contributed by atoms with E-state index < -0.39 is 0 Å². The van der Waals surface area contributed by atoms with Crippen LogP contribution in [-0.2, 0) is 5.33 Å². The molecular weight excluding hydrogens is 283 g/mol. The smallest absolute Gasteiger partial charge is 0.165 e. The first-order valence-corrected chi connectivity index (χ1v) is 7.32. The molecule has 1 fully saturated rings. The molecular formula is C14H18BrFO. The Bertz CT molecular complexity index is 380. The predicted octanol–water partition coefficient (Wildman–Crippen LogP) is 4.68. The van der Waals surface area contributed by atoms with Gasteiger partial charge in [0.15, 0.2) is 11.6 Å². The molecule has 0 spiro atoms. The van der Waals surface area contributed by atoms with Gasteiger partial charge in [-0.15, -0.1) is 0 Å². The van der Waals surface area contributed by atoms with E-state index in [2.05, 4.69) is 22.9 Å². The molecule has 1 aliphatic carbocycles. The Balaban J connectivity index is 2.02. The second kappa shape index (κ2) is 5.85. The Labute approximate surface area is 110 Å². The number of rotatable bonds is 3. The maximum atomic E-state index is 13.7. The van der Waals surface area contributed by atoms with E-state index >= 15 is 0 Å². The van der Waals surface area contributed by atoms with Crippen molar-refractivity contribution in [3.63, 3.8) is 0 Å². The van der Waals surface area contributed by atoms with E-state index in [0.717, 1.165) is 18.4 Å². The number of benzene rings is 1. The van der Waals surface area contributed by atoms with Gasteiger partial charge in [0.1, 0.15) is 0 Å². The average molecular weight is 301 g/mol. The van der Waals surface area contributed by atoms with Crippen LogP contribution in [0, 0.1) is 11.7 Å². The summed E-state index contributed by atoms with van der Waals surface area (Å²) in [6.07, 6.45) is 4.73. The molecule has 0 heterocycles. The molecule has 0 amide bonds. The first kappa shape index (κ1) is 12.9. The van der Waals surface area contributed by atoms with Gasteiger partial charge in [-0.1, -0.05) is 35.3 Å². The molecule has 0 aromatic heterocycles. The van der Waals surface area contributed by atoms with E-state index in [9.17, 15) is 4.39 Å². The van der Waals surface area contributed by atoms with E-state index in [0.29, 0.717) is 17.0 Å². The van der Waals surface area contributed by atoms with Crippen LogP contribution in [0.5, 0.6) is 5.75 Å². The Kier molecular flexibility index (Phi) is 4.43. The van der Waals surface area contributed by atoms with Crippen LogP contribution < -0.4 is 4.74 Å². The molecule has 1 aromatic rings. The Morgan fingerprint density at radius 2 is 2.24 bits per heavy atom. The normalized spacial score (nSPS) is 24.6. The fourth-order valence-corrected chi connectivity index (χ4v) is 2.74. The molecule has 0 N–H and O–H groups in total. The van der Waals surface area contributed by atoms with Crippen LogP contribution in [0.1, 0.15) is 38.2 Å². The molecule has 3 heteroatoms. The van der Waals surface area contributed by atoms with Crippen molar-refractivity contribution in [3.8, 4) is 5.75 Å². The number of hydrogen-bond acceptors (Lipinski definition) is 1. The third-order valence-electron chi connectivity index (χ3n) is 3.33. The summed E-state index contributed by atoms with van der Waals surface area (Å²) in [5.41, 5.74) is 0.937. The maximum absolute atomic E-state index is 13.7. The largest absolute Gasteiger partial charge is 0.487 e. The highest BCUT2D eigenvalue weighted by atomic mass is 79.9. The lowest BCUT2D eigenvalue weighted by molar-refractivity contribution is 0.124. The number of ether oxygens (including phenoxy) is 1. The standard InChI is InChI=1S/C14H18BrFO/c1-10-3-2-4-12(7-10)17-14-6-5-11(9-15)8-13(14)16/h5-6,8,10,12H,2-4,7,9H2,1H3. The molecule has 2 atom stereocenters. The third-order valence-corrected chi connectivity index (χ3v) is 3.98. The minimum Gasteiger partial charge on any atom is -0.487 e. The van der Waals surface area contributed by atoms with Gasteiger partial charge in [-0.25, -0.2) is 4.39 Å². The van der Waals surface area contributed by atoms with Crippen molar-refractivity contribution in [2.75, 3.05) is 0 Å². The summed E-state index contributed by atoms with van der Waals surface area (Å²) in [6.45, 7) is 2.24. The molecule has 0 saturated heterocycles. The second-order valence-electron chi connectivity index (χ2n) is 4.91. The van der Waals surface area contributed by atoms with Gasteiger partial charge in [0.2, 0.25) is 0 Å². The highest BCUT2D eigenvalue weighted by Gasteiger charge is 2.21. The molecule has 2 unspecified atom stereocenters. The molecule has 1 aliphatic rings. The van der Waals surface area contributed by atoms with Crippen molar-refractivity contribution in [1.82, 2.24) is 0 Å². The highest BCUT2D eigenvalue weighted by Crippen LogP contribution is 2.29. The molecule has 1 aromatic carbocycles. The van der Waals surface area contributed by atoms with Crippen LogP contribution in [-0.4, -0.2) is 6.10 Å².